The van der Waals surface area contributed by atoms with E-state index in [4.69, 9.17) is 23.2 Å². The fourth-order valence-corrected chi connectivity index (χ4v) is 2.17. The van der Waals surface area contributed by atoms with Gasteiger partial charge in [0.2, 0.25) is 0 Å². The van der Waals surface area contributed by atoms with Gasteiger partial charge in [-0.25, -0.2) is 4.79 Å². The maximum absolute atomic E-state index is 12.0. The first-order valence-electron chi connectivity index (χ1n) is 5.17. The van der Waals surface area contributed by atoms with Crippen molar-refractivity contribution in [1.29, 1.82) is 0 Å². The van der Waals surface area contributed by atoms with E-state index in [0.717, 1.165) is 5.69 Å². The number of hydrogen-bond donors (Lipinski definition) is 1. The molecule has 0 aliphatic carbocycles. The lowest BCUT2D eigenvalue weighted by Gasteiger charge is -2.03. The summed E-state index contributed by atoms with van der Waals surface area (Å²) in [6, 6.07) is 6.80. The Morgan fingerprint density at radius 3 is 2.50 bits per heavy atom. The summed E-state index contributed by atoms with van der Waals surface area (Å²) in [7, 11) is 0. The molecule has 0 spiro atoms. The molecule has 6 heteroatoms. The van der Waals surface area contributed by atoms with E-state index in [-0.39, 0.29) is 5.69 Å². The summed E-state index contributed by atoms with van der Waals surface area (Å²) >= 11 is 11.9. The predicted molar refractivity (Wildman–Crippen MR) is 71.7 cm³/mol. The number of imidazole rings is 1. The van der Waals surface area contributed by atoms with E-state index in [1.54, 1.807) is 36.7 Å². The first kappa shape index (κ1) is 11.3. The third-order valence-corrected chi connectivity index (χ3v) is 3.37. The van der Waals surface area contributed by atoms with E-state index >= 15 is 0 Å². The van der Waals surface area contributed by atoms with Crippen molar-refractivity contribution in [3.8, 4) is 5.69 Å². The van der Waals surface area contributed by atoms with Gasteiger partial charge in [-0.1, -0.05) is 23.2 Å². The fraction of sp³-hybridized carbons (Fsp3) is 0. The average molecular weight is 280 g/mol. The molecule has 0 aliphatic heterocycles. The number of nitrogens with zero attached hydrogens (tertiary/aromatic N) is 2. The van der Waals surface area contributed by atoms with Crippen LogP contribution in [0.5, 0.6) is 0 Å². The minimum Gasteiger partial charge on any atom is -0.305 e. The van der Waals surface area contributed by atoms with Crippen molar-refractivity contribution in [3.63, 3.8) is 0 Å². The van der Waals surface area contributed by atoms with Gasteiger partial charge in [0.05, 0.1) is 26.8 Å². The van der Waals surface area contributed by atoms with Crippen LogP contribution in [0.3, 0.4) is 0 Å². The van der Waals surface area contributed by atoms with Crippen LogP contribution >= 0.6 is 23.2 Å². The van der Waals surface area contributed by atoms with Gasteiger partial charge in [-0.3, -0.25) is 9.55 Å². The quantitative estimate of drug-likeness (QED) is 0.744. The van der Waals surface area contributed by atoms with E-state index < -0.39 is 0 Å². The third-order valence-electron chi connectivity index (χ3n) is 2.65. The van der Waals surface area contributed by atoms with Crippen LogP contribution in [0.25, 0.3) is 16.7 Å². The van der Waals surface area contributed by atoms with E-state index in [0.29, 0.717) is 21.1 Å². The van der Waals surface area contributed by atoms with Crippen molar-refractivity contribution in [2.75, 3.05) is 0 Å². The van der Waals surface area contributed by atoms with Gasteiger partial charge in [0, 0.05) is 12.4 Å². The lowest BCUT2D eigenvalue weighted by molar-refractivity contribution is 1.01. The molecule has 1 N–H and O–H groups in total. The minimum absolute atomic E-state index is 0.241. The van der Waals surface area contributed by atoms with Gasteiger partial charge in [0.15, 0.2) is 0 Å². The van der Waals surface area contributed by atoms with Gasteiger partial charge in [0.25, 0.3) is 0 Å². The molecular weight excluding hydrogens is 273 g/mol. The number of halogens is 2. The highest BCUT2D eigenvalue weighted by atomic mass is 35.5. The number of hydrogen-bond acceptors (Lipinski definition) is 2. The van der Waals surface area contributed by atoms with Crippen LogP contribution in [0.1, 0.15) is 0 Å². The zero-order chi connectivity index (χ0) is 12.7. The van der Waals surface area contributed by atoms with Crippen molar-refractivity contribution >= 4 is 34.2 Å². The largest absolute Gasteiger partial charge is 0.331 e. The highest BCUT2D eigenvalue weighted by molar-refractivity contribution is 6.42. The molecule has 0 bridgehead atoms. The fourth-order valence-electron chi connectivity index (χ4n) is 1.85. The molecule has 4 nitrogen and oxygen atoms in total. The molecule has 0 saturated heterocycles. The molecule has 2 heterocycles. The van der Waals surface area contributed by atoms with Gasteiger partial charge in [0.1, 0.15) is 0 Å². The molecule has 1 aromatic carbocycles. The van der Waals surface area contributed by atoms with E-state index in [9.17, 15) is 4.79 Å². The molecule has 0 saturated carbocycles. The molecule has 0 amide bonds. The predicted octanol–water partition coefficient (Wildman–Crippen LogP) is 3.02. The zero-order valence-corrected chi connectivity index (χ0v) is 10.5. The summed E-state index contributed by atoms with van der Waals surface area (Å²) in [5, 5.41) is 0.818. The Hall–Kier alpha value is -1.78. The zero-order valence-electron chi connectivity index (χ0n) is 9.02. The Balaban J connectivity index is 2.40. The first-order valence-corrected chi connectivity index (χ1v) is 5.92. The number of pyridine rings is 1. The maximum Gasteiger partial charge on any atom is 0.331 e. The van der Waals surface area contributed by atoms with Crippen molar-refractivity contribution in [2.45, 2.75) is 0 Å². The molecule has 3 aromatic rings. The number of nitrogens with one attached hydrogen (secondary N) is 1. The Morgan fingerprint density at radius 2 is 1.78 bits per heavy atom. The van der Waals surface area contributed by atoms with Crippen LogP contribution in [-0.2, 0) is 0 Å². The molecule has 3 rings (SSSR count). The summed E-state index contributed by atoms with van der Waals surface area (Å²) in [6.45, 7) is 0. The normalized spacial score (nSPS) is 11.0. The summed E-state index contributed by atoms with van der Waals surface area (Å²) in [6.07, 6.45) is 3.25. The summed E-state index contributed by atoms with van der Waals surface area (Å²) in [5.74, 6) is 0. The smallest absolute Gasteiger partial charge is 0.305 e. The number of aromatic nitrogens is 3. The number of benzene rings is 1. The Labute approximate surface area is 112 Å². The molecule has 90 valence electrons. The standard InChI is InChI=1S/C12H7Cl2N3O/c13-8-5-10-11(6-9(8)14)17(12(18)16-10)7-1-3-15-4-2-7/h1-6H,(H,16,18). The lowest BCUT2D eigenvalue weighted by Crippen LogP contribution is -2.14. The molecular formula is C12H7Cl2N3O. The Morgan fingerprint density at radius 1 is 1.11 bits per heavy atom. The molecule has 0 radical (unpaired) electrons. The molecule has 2 aromatic heterocycles. The number of aromatic amines is 1. The second-order valence-corrected chi connectivity index (χ2v) is 4.57. The first-order chi connectivity index (χ1) is 8.66. The molecule has 0 fully saturated rings. The van der Waals surface area contributed by atoms with Crippen molar-refractivity contribution < 1.29 is 0 Å². The lowest BCUT2D eigenvalue weighted by atomic mass is 10.3. The molecule has 18 heavy (non-hydrogen) atoms. The highest BCUT2D eigenvalue weighted by Gasteiger charge is 2.10. The van der Waals surface area contributed by atoms with Gasteiger partial charge >= 0.3 is 5.69 Å². The summed E-state index contributed by atoms with van der Waals surface area (Å²) in [5.41, 5.74) is 1.81. The van der Waals surface area contributed by atoms with Crippen molar-refractivity contribution in [1.82, 2.24) is 14.5 Å². The molecule has 0 aliphatic rings. The molecule has 0 unspecified atom stereocenters. The topological polar surface area (TPSA) is 50.7 Å². The minimum atomic E-state index is -0.241. The van der Waals surface area contributed by atoms with Crippen LogP contribution in [0.2, 0.25) is 10.0 Å². The average Bonchev–Trinajstić information content (AvgIpc) is 2.66. The van der Waals surface area contributed by atoms with Crippen LogP contribution in [0.4, 0.5) is 0 Å². The van der Waals surface area contributed by atoms with Crippen molar-refractivity contribution in [3.05, 3.63) is 57.2 Å². The Kier molecular flexibility index (Phi) is 2.61. The van der Waals surface area contributed by atoms with Gasteiger partial charge in [-0.15, -0.1) is 0 Å². The highest BCUT2D eigenvalue weighted by Crippen LogP contribution is 2.27. The second kappa shape index (κ2) is 4.15. The number of H-pyrrole nitrogens is 1. The second-order valence-electron chi connectivity index (χ2n) is 3.75. The summed E-state index contributed by atoms with van der Waals surface area (Å²) in [4.78, 5) is 18.6. The van der Waals surface area contributed by atoms with Crippen LogP contribution < -0.4 is 5.69 Å². The van der Waals surface area contributed by atoms with Crippen LogP contribution in [-0.4, -0.2) is 14.5 Å². The molecule has 0 atom stereocenters. The summed E-state index contributed by atoms with van der Waals surface area (Å²) < 4.78 is 1.53. The SMILES string of the molecule is O=c1[nH]c2cc(Cl)c(Cl)cc2n1-c1ccncc1. The van der Waals surface area contributed by atoms with E-state index in [1.807, 2.05) is 0 Å². The van der Waals surface area contributed by atoms with Gasteiger partial charge < -0.3 is 4.98 Å². The third kappa shape index (κ3) is 1.70. The van der Waals surface area contributed by atoms with Crippen LogP contribution in [0.15, 0.2) is 41.5 Å². The van der Waals surface area contributed by atoms with Gasteiger partial charge in [-0.2, -0.15) is 0 Å². The van der Waals surface area contributed by atoms with Gasteiger partial charge in [-0.05, 0) is 24.3 Å². The Bertz CT molecular complexity index is 777. The van der Waals surface area contributed by atoms with Crippen molar-refractivity contribution in [2.24, 2.45) is 0 Å². The van der Waals surface area contributed by atoms with E-state index in [2.05, 4.69) is 9.97 Å². The number of rotatable bonds is 1. The number of fused-ring (bicyclic) bond motifs is 1. The maximum atomic E-state index is 12.0. The van der Waals surface area contributed by atoms with E-state index in [1.165, 1.54) is 4.57 Å². The van der Waals surface area contributed by atoms with Crippen LogP contribution in [0, 0.1) is 0 Å². The monoisotopic (exact) mass is 279 g/mol.